The van der Waals surface area contributed by atoms with Gasteiger partial charge in [0.1, 0.15) is 11.4 Å². The fraction of sp³-hybridized carbons (Fsp3) is 0.214. The SMILES string of the molecule is COC(=O)c1cc(N)cn1Cc1ccc(OC)c(Br)c1. The zero-order valence-corrected chi connectivity index (χ0v) is 12.8. The van der Waals surface area contributed by atoms with E-state index in [0.717, 1.165) is 15.8 Å². The smallest absolute Gasteiger partial charge is 0.354 e. The number of anilines is 1. The Morgan fingerprint density at radius 2 is 2.10 bits per heavy atom. The average molecular weight is 339 g/mol. The highest BCUT2D eigenvalue weighted by molar-refractivity contribution is 9.10. The molecule has 2 aromatic rings. The van der Waals surface area contributed by atoms with Crippen LogP contribution in [0.3, 0.4) is 0 Å². The van der Waals surface area contributed by atoms with Crippen LogP contribution in [0.15, 0.2) is 34.9 Å². The summed E-state index contributed by atoms with van der Waals surface area (Å²) in [5.41, 5.74) is 7.71. The van der Waals surface area contributed by atoms with Crippen molar-refractivity contribution >= 4 is 27.6 Å². The first-order chi connectivity index (χ1) is 9.55. The van der Waals surface area contributed by atoms with Crippen LogP contribution < -0.4 is 10.5 Å². The molecular formula is C14H15BrN2O3. The number of carbonyl (C=O) groups is 1. The van der Waals surface area contributed by atoms with Crippen molar-refractivity contribution in [2.24, 2.45) is 0 Å². The molecule has 1 aromatic heterocycles. The van der Waals surface area contributed by atoms with Crippen LogP contribution in [0.25, 0.3) is 0 Å². The van der Waals surface area contributed by atoms with E-state index >= 15 is 0 Å². The Bertz CT molecular complexity index is 637. The number of hydrogen-bond acceptors (Lipinski definition) is 4. The van der Waals surface area contributed by atoms with Gasteiger partial charge in [-0.1, -0.05) is 6.07 Å². The second-order valence-corrected chi connectivity index (χ2v) is 5.10. The number of hydrogen-bond donors (Lipinski definition) is 1. The Balaban J connectivity index is 2.30. The summed E-state index contributed by atoms with van der Waals surface area (Å²) >= 11 is 3.44. The molecule has 0 fully saturated rings. The van der Waals surface area contributed by atoms with Gasteiger partial charge in [-0.25, -0.2) is 4.79 Å². The number of esters is 1. The standard InChI is InChI=1S/C14H15BrN2O3/c1-19-13-4-3-9(5-11(13)15)7-17-8-10(16)6-12(17)14(18)20-2/h3-6,8H,7,16H2,1-2H3. The first-order valence-corrected chi connectivity index (χ1v) is 6.71. The molecule has 1 aromatic carbocycles. The number of rotatable bonds is 4. The molecule has 0 saturated carbocycles. The maximum absolute atomic E-state index is 11.7. The average Bonchev–Trinajstić information content (AvgIpc) is 2.79. The van der Waals surface area contributed by atoms with Crippen LogP contribution in [0.1, 0.15) is 16.1 Å². The number of aromatic nitrogens is 1. The van der Waals surface area contributed by atoms with Gasteiger partial charge < -0.3 is 19.8 Å². The molecule has 2 N–H and O–H groups in total. The van der Waals surface area contributed by atoms with E-state index in [2.05, 4.69) is 15.9 Å². The van der Waals surface area contributed by atoms with E-state index < -0.39 is 5.97 Å². The second-order valence-electron chi connectivity index (χ2n) is 4.25. The number of benzene rings is 1. The lowest BCUT2D eigenvalue weighted by Gasteiger charge is -2.09. The van der Waals surface area contributed by atoms with E-state index in [1.54, 1.807) is 23.9 Å². The Hall–Kier alpha value is -1.95. The summed E-state index contributed by atoms with van der Waals surface area (Å²) in [5.74, 6) is 0.350. The Morgan fingerprint density at radius 3 is 2.70 bits per heavy atom. The molecule has 0 aliphatic rings. The summed E-state index contributed by atoms with van der Waals surface area (Å²) in [6.07, 6.45) is 1.71. The summed E-state index contributed by atoms with van der Waals surface area (Å²) in [4.78, 5) is 11.7. The van der Waals surface area contributed by atoms with Crippen molar-refractivity contribution in [3.05, 3.63) is 46.2 Å². The van der Waals surface area contributed by atoms with Crippen LogP contribution in [-0.2, 0) is 11.3 Å². The molecule has 0 saturated heterocycles. The molecule has 1 heterocycles. The van der Waals surface area contributed by atoms with Crippen LogP contribution in [0.4, 0.5) is 5.69 Å². The van der Waals surface area contributed by atoms with Gasteiger partial charge in [0, 0.05) is 12.7 Å². The van der Waals surface area contributed by atoms with Gasteiger partial charge in [0.05, 0.1) is 24.4 Å². The monoisotopic (exact) mass is 338 g/mol. The minimum atomic E-state index is -0.408. The van der Waals surface area contributed by atoms with Crippen molar-refractivity contribution in [1.29, 1.82) is 0 Å². The highest BCUT2D eigenvalue weighted by atomic mass is 79.9. The fourth-order valence-corrected chi connectivity index (χ4v) is 2.53. The van der Waals surface area contributed by atoms with E-state index in [9.17, 15) is 4.79 Å². The molecule has 0 spiro atoms. The Labute approximate surface area is 125 Å². The minimum absolute atomic E-state index is 0.408. The van der Waals surface area contributed by atoms with Crippen molar-refractivity contribution in [2.45, 2.75) is 6.54 Å². The van der Waals surface area contributed by atoms with Gasteiger partial charge in [0.2, 0.25) is 0 Å². The lowest BCUT2D eigenvalue weighted by molar-refractivity contribution is 0.0589. The predicted octanol–water partition coefficient (Wildman–Crippen LogP) is 2.68. The summed E-state index contributed by atoms with van der Waals surface area (Å²) < 4.78 is 12.5. The van der Waals surface area contributed by atoms with Crippen molar-refractivity contribution in [3.8, 4) is 5.75 Å². The van der Waals surface area contributed by atoms with Crippen molar-refractivity contribution in [3.63, 3.8) is 0 Å². The molecule has 6 heteroatoms. The van der Waals surface area contributed by atoms with Gasteiger partial charge in [-0.3, -0.25) is 0 Å². The van der Waals surface area contributed by atoms with Gasteiger partial charge in [0.15, 0.2) is 0 Å². The van der Waals surface area contributed by atoms with Crippen LogP contribution in [0.5, 0.6) is 5.75 Å². The predicted molar refractivity (Wildman–Crippen MR) is 80.0 cm³/mol. The topological polar surface area (TPSA) is 66.5 Å². The fourth-order valence-electron chi connectivity index (χ4n) is 1.94. The molecule has 0 aliphatic heterocycles. The number of ether oxygens (including phenoxy) is 2. The van der Waals surface area contributed by atoms with Crippen LogP contribution >= 0.6 is 15.9 Å². The lowest BCUT2D eigenvalue weighted by Crippen LogP contribution is -2.10. The van der Waals surface area contributed by atoms with Crippen molar-refractivity contribution in [1.82, 2.24) is 4.57 Å². The van der Waals surface area contributed by atoms with Crippen LogP contribution in [-0.4, -0.2) is 24.8 Å². The highest BCUT2D eigenvalue weighted by Crippen LogP contribution is 2.26. The maximum atomic E-state index is 11.7. The maximum Gasteiger partial charge on any atom is 0.354 e. The molecule has 0 unspecified atom stereocenters. The summed E-state index contributed by atoms with van der Waals surface area (Å²) in [5, 5.41) is 0. The molecule has 0 bridgehead atoms. The molecule has 0 aliphatic carbocycles. The van der Waals surface area contributed by atoms with E-state index in [1.165, 1.54) is 7.11 Å². The van der Waals surface area contributed by atoms with Crippen LogP contribution in [0.2, 0.25) is 0 Å². The van der Waals surface area contributed by atoms with Gasteiger partial charge in [-0.15, -0.1) is 0 Å². The van der Waals surface area contributed by atoms with Gasteiger partial charge in [-0.2, -0.15) is 0 Å². The first kappa shape index (κ1) is 14.5. The molecule has 0 amide bonds. The minimum Gasteiger partial charge on any atom is -0.496 e. The second kappa shape index (κ2) is 6.00. The Kier molecular flexibility index (Phi) is 4.34. The summed E-state index contributed by atoms with van der Waals surface area (Å²) in [6.45, 7) is 0.518. The molecule has 2 rings (SSSR count). The molecule has 20 heavy (non-hydrogen) atoms. The molecule has 5 nitrogen and oxygen atoms in total. The largest absolute Gasteiger partial charge is 0.496 e. The Morgan fingerprint density at radius 1 is 1.35 bits per heavy atom. The van der Waals surface area contributed by atoms with Crippen LogP contribution in [0, 0.1) is 0 Å². The quantitative estimate of drug-likeness (QED) is 0.870. The third-order valence-corrected chi connectivity index (χ3v) is 3.50. The summed E-state index contributed by atoms with van der Waals surface area (Å²) in [7, 11) is 2.96. The number of methoxy groups -OCH3 is 2. The molecule has 0 radical (unpaired) electrons. The normalized spacial score (nSPS) is 10.3. The van der Waals surface area contributed by atoms with E-state index in [-0.39, 0.29) is 0 Å². The van der Waals surface area contributed by atoms with E-state index in [1.807, 2.05) is 18.2 Å². The number of nitrogen functional groups attached to an aromatic ring is 1. The highest BCUT2D eigenvalue weighted by Gasteiger charge is 2.13. The summed E-state index contributed by atoms with van der Waals surface area (Å²) in [6, 6.07) is 7.34. The molecule has 106 valence electrons. The first-order valence-electron chi connectivity index (χ1n) is 5.91. The van der Waals surface area contributed by atoms with Gasteiger partial charge in [0.25, 0.3) is 0 Å². The number of carbonyl (C=O) groups excluding carboxylic acids is 1. The number of halogens is 1. The van der Waals surface area contributed by atoms with E-state index in [0.29, 0.717) is 17.9 Å². The zero-order chi connectivity index (χ0) is 14.7. The molecular weight excluding hydrogens is 324 g/mol. The number of nitrogens with two attached hydrogens (primary N) is 1. The lowest BCUT2D eigenvalue weighted by atomic mass is 10.2. The third kappa shape index (κ3) is 2.96. The van der Waals surface area contributed by atoms with Crippen molar-refractivity contribution < 1.29 is 14.3 Å². The van der Waals surface area contributed by atoms with Gasteiger partial charge in [-0.05, 0) is 39.7 Å². The van der Waals surface area contributed by atoms with Gasteiger partial charge >= 0.3 is 5.97 Å². The third-order valence-electron chi connectivity index (χ3n) is 2.88. The zero-order valence-electron chi connectivity index (χ0n) is 11.2. The number of nitrogens with zero attached hydrogens (tertiary/aromatic N) is 1. The molecule has 0 atom stereocenters. The van der Waals surface area contributed by atoms with E-state index in [4.69, 9.17) is 15.2 Å². The van der Waals surface area contributed by atoms with Crippen molar-refractivity contribution in [2.75, 3.05) is 20.0 Å².